The molecule has 2 aromatic rings. The summed E-state index contributed by atoms with van der Waals surface area (Å²) >= 11 is 5.73. The number of amides is 1. The Morgan fingerprint density at radius 1 is 1.26 bits per heavy atom. The number of nitrogens with two attached hydrogens (primary N) is 1. The Morgan fingerprint density at radius 2 is 1.93 bits per heavy atom. The highest BCUT2D eigenvalue weighted by Gasteiger charge is 2.23. The van der Waals surface area contributed by atoms with E-state index < -0.39 is 5.82 Å². The number of carbonyl (C=O) groups is 1. The maximum atomic E-state index is 13.2. The number of aromatic nitrogens is 2. The lowest BCUT2D eigenvalue weighted by Gasteiger charge is -2.29. The molecule has 0 aliphatic heterocycles. The average Bonchev–Trinajstić information content (AvgIpc) is 2.62. The van der Waals surface area contributed by atoms with Gasteiger partial charge in [0, 0.05) is 29.4 Å². The number of hydrogen-bond donors (Lipinski definition) is 3. The minimum Gasteiger partial charge on any atom is -0.383 e. The molecular formula is C18H22Cl2FN5O. The third-order valence-electron chi connectivity index (χ3n) is 4.59. The first kappa shape index (κ1) is 21.2. The second-order valence-electron chi connectivity index (χ2n) is 6.56. The van der Waals surface area contributed by atoms with Gasteiger partial charge in [-0.3, -0.25) is 4.79 Å². The molecule has 1 aromatic heterocycles. The number of nitrogens with one attached hydrogen (secondary N) is 2. The third-order valence-corrected chi connectivity index (χ3v) is 4.88. The van der Waals surface area contributed by atoms with Gasteiger partial charge in [0.2, 0.25) is 5.95 Å². The Bertz CT molecular complexity index is 812. The van der Waals surface area contributed by atoms with Gasteiger partial charge in [-0.15, -0.1) is 12.4 Å². The van der Waals surface area contributed by atoms with Gasteiger partial charge >= 0.3 is 0 Å². The Labute approximate surface area is 168 Å². The number of nitrogens with zero attached hydrogens (tertiary/aromatic N) is 2. The largest absolute Gasteiger partial charge is 0.383 e. The van der Waals surface area contributed by atoms with Crippen molar-refractivity contribution in [2.45, 2.75) is 44.7 Å². The zero-order valence-electron chi connectivity index (χ0n) is 14.8. The molecule has 0 unspecified atom stereocenters. The number of nitrogen functional groups attached to an aromatic ring is 1. The van der Waals surface area contributed by atoms with Crippen molar-refractivity contribution < 1.29 is 9.18 Å². The van der Waals surface area contributed by atoms with Gasteiger partial charge in [-0.1, -0.05) is 11.6 Å². The number of hydrogen-bond acceptors (Lipinski definition) is 5. The minimum atomic E-state index is -0.534. The van der Waals surface area contributed by atoms with Gasteiger partial charge in [-0.2, -0.15) is 4.98 Å². The van der Waals surface area contributed by atoms with Crippen molar-refractivity contribution in [3.05, 3.63) is 46.4 Å². The molecule has 0 bridgehead atoms. The van der Waals surface area contributed by atoms with Crippen molar-refractivity contribution in [1.29, 1.82) is 0 Å². The monoisotopic (exact) mass is 413 g/mol. The van der Waals surface area contributed by atoms with Gasteiger partial charge in [0.1, 0.15) is 11.6 Å². The van der Waals surface area contributed by atoms with Crippen molar-refractivity contribution >= 4 is 41.7 Å². The lowest BCUT2D eigenvalue weighted by Crippen LogP contribution is -2.40. The van der Waals surface area contributed by atoms with Crippen LogP contribution < -0.4 is 16.4 Å². The molecule has 0 radical (unpaired) electrons. The molecule has 1 aliphatic rings. The van der Waals surface area contributed by atoms with Crippen LogP contribution in [0.1, 0.15) is 41.6 Å². The van der Waals surface area contributed by atoms with Gasteiger partial charge in [-0.25, -0.2) is 9.37 Å². The van der Waals surface area contributed by atoms with Crippen LogP contribution in [-0.2, 0) is 0 Å². The van der Waals surface area contributed by atoms with Crippen LogP contribution in [-0.4, -0.2) is 28.0 Å². The summed E-state index contributed by atoms with van der Waals surface area (Å²) in [7, 11) is 0. The first-order chi connectivity index (χ1) is 12.4. The lowest BCUT2D eigenvalue weighted by atomic mass is 9.91. The number of rotatable bonds is 4. The molecule has 1 amide bonds. The number of benzene rings is 1. The molecule has 0 atom stereocenters. The summed E-state index contributed by atoms with van der Waals surface area (Å²) in [6.07, 6.45) is 5.13. The fraction of sp³-hybridized carbons (Fsp3) is 0.389. The molecule has 1 fully saturated rings. The number of anilines is 2. The molecule has 0 spiro atoms. The zero-order valence-corrected chi connectivity index (χ0v) is 16.4. The summed E-state index contributed by atoms with van der Waals surface area (Å²) in [4.78, 5) is 20.7. The Kier molecular flexibility index (Phi) is 7.21. The van der Waals surface area contributed by atoms with Crippen molar-refractivity contribution in [2.24, 2.45) is 0 Å². The van der Waals surface area contributed by atoms with E-state index in [0.29, 0.717) is 17.3 Å². The van der Waals surface area contributed by atoms with E-state index in [9.17, 15) is 9.18 Å². The Balaban J connectivity index is 0.00000261. The van der Waals surface area contributed by atoms with Crippen molar-refractivity contribution in [1.82, 2.24) is 15.3 Å². The smallest absolute Gasteiger partial charge is 0.251 e. The highest BCUT2D eigenvalue weighted by Crippen LogP contribution is 2.22. The normalized spacial score (nSPS) is 19.1. The highest BCUT2D eigenvalue weighted by molar-refractivity contribution is 6.31. The maximum absolute atomic E-state index is 13.2. The Morgan fingerprint density at radius 3 is 2.56 bits per heavy atom. The average molecular weight is 414 g/mol. The van der Waals surface area contributed by atoms with E-state index in [0.717, 1.165) is 31.2 Å². The van der Waals surface area contributed by atoms with Gasteiger partial charge in [0.05, 0.1) is 5.02 Å². The molecule has 1 aliphatic carbocycles. The molecule has 3 rings (SSSR count). The zero-order chi connectivity index (χ0) is 18.7. The number of aryl methyl sites for hydroxylation is 1. The van der Waals surface area contributed by atoms with Crippen LogP contribution in [0.25, 0.3) is 0 Å². The minimum absolute atomic E-state index is 0. The molecule has 0 saturated heterocycles. The first-order valence-electron chi connectivity index (χ1n) is 8.54. The van der Waals surface area contributed by atoms with Crippen LogP contribution in [0.4, 0.5) is 16.2 Å². The summed E-state index contributed by atoms with van der Waals surface area (Å²) in [6, 6.07) is 4.30. The van der Waals surface area contributed by atoms with Crippen LogP contribution >= 0.6 is 24.0 Å². The fourth-order valence-electron chi connectivity index (χ4n) is 3.00. The van der Waals surface area contributed by atoms with Crippen LogP contribution in [0.2, 0.25) is 5.02 Å². The fourth-order valence-corrected chi connectivity index (χ4v) is 3.18. The topological polar surface area (TPSA) is 92.9 Å². The van der Waals surface area contributed by atoms with Gasteiger partial charge < -0.3 is 16.4 Å². The van der Waals surface area contributed by atoms with Crippen LogP contribution in [0.15, 0.2) is 24.4 Å². The molecule has 1 heterocycles. The molecule has 6 nitrogen and oxygen atoms in total. The molecule has 27 heavy (non-hydrogen) atoms. The Hall–Kier alpha value is -2.12. The van der Waals surface area contributed by atoms with Crippen molar-refractivity contribution in [2.75, 3.05) is 11.1 Å². The van der Waals surface area contributed by atoms with Crippen LogP contribution in [0.5, 0.6) is 0 Å². The van der Waals surface area contributed by atoms with Gasteiger partial charge in [-0.05, 0) is 50.8 Å². The van der Waals surface area contributed by atoms with E-state index in [4.69, 9.17) is 17.3 Å². The van der Waals surface area contributed by atoms with E-state index in [1.807, 2.05) is 6.92 Å². The van der Waals surface area contributed by atoms with Crippen molar-refractivity contribution in [3.8, 4) is 0 Å². The predicted molar refractivity (Wildman–Crippen MR) is 107 cm³/mol. The van der Waals surface area contributed by atoms with Gasteiger partial charge in [0.15, 0.2) is 0 Å². The highest BCUT2D eigenvalue weighted by atomic mass is 35.5. The molecule has 1 aromatic carbocycles. The third kappa shape index (κ3) is 5.43. The van der Waals surface area contributed by atoms with E-state index in [-0.39, 0.29) is 35.4 Å². The second kappa shape index (κ2) is 9.19. The van der Waals surface area contributed by atoms with E-state index in [1.165, 1.54) is 18.2 Å². The molecule has 146 valence electrons. The quantitative estimate of drug-likeness (QED) is 0.709. The SMILES string of the molecule is Cc1cnc(NC2CCC(NC(=O)c3ccc(F)c(Cl)c3)CC2)nc1N.Cl. The molecule has 4 N–H and O–H groups in total. The standard InChI is InChI=1S/C18H21ClFN5O.ClH/c1-10-9-22-18(25-16(10)21)24-13-5-3-12(4-6-13)23-17(26)11-2-7-15(20)14(19)8-11;/h2,7-9,12-13H,3-6H2,1H3,(H,23,26)(H3,21,22,24,25);1H. The van der Waals surface area contributed by atoms with E-state index >= 15 is 0 Å². The molecular weight excluding hydrogens is 392 g/mol. The van der Waals surface area contributed by atoms with E-state index in [2.05, 4.69) is 20.6 Å². The summed E-state index contributed by atoms with van der Waals surface area (Å²) in [5, 5.41) is 6.23. The van der Waals surface area contributed by atoms with Gasteiger partial charge in [0.25, 0.3) is 5.91 Å². The molecule has 9 heteroatoms. The van der Waals surface area contributed by atoms with Crippen LogP contribution in [0, 0.1) is 12.7 Å². The summed E-state index contributed by atoms with van der Waals surface area (Å²) in [5.41, 5.74) is 7.02. The summed E-state index contributed by atoms with van der Waals surface area (Å²) in [6.45, 7) is 1.86. The summed E-state index contributed by atoms with van der Waals surface area (Å²) < 4.78 is 13.2. The lowest BCUT2D eigenvalue weighted by molar-refractivity contribution is 0.0926. The summed E-state index contributed by atoms with van der Waals surface area (Å²) in [5.74, 6) is 0.231. The second-order valence-corrected chi connectivity index (χ2v) is 6.96. The number of halogens is 3. The van der Waals surface area contributed by atoms with E-state index in [1.54, 1.807) is 6.20 Å². The van der Waals surface area contributed by atoms with Crippen molar-refractivity contribution in [3.63, 3.8) is 0 Å². The molecule has 1 saturated carbocycles. The maximum Gasteiger partial charge on any atom is 0.251 e. The first-order valence-corrected chi connectivity index (χ1v) is 8.91. The number of carbonyl (C=O) groups excluding carboxylic acids is 1. The predicted octanol–water partition coefficient (Wildman–Crippen LogP) is 3.73. The van der Waals surface area contributed by atoms with Crippen LogP contribution in [0.3, 0.4) is 0 Å².